The highest BCUT2D eigenvalue weighted by molar-refractivity contribution is 7.80. The van der Waals surface area contributed by atoms with E-state index in [1.807, 2.05) is 36.4 Å². The SMILES string of the molecule is CCCCCOc1ccccc1C(=O)NC(=S)Nc1cccc(OCCC(C)C)c1. The molecule has 0 saturated carbocycles. The summed E-state index contributed by atoms with van der Waals surface area (Å²) < 4.78 is 11.6. The van der Waals surface area contributed by atoms with E-state index < -0.39 is 0 Å². The van der Waals surface area contributed by atoms with Crippen LogP contribution in [0.25, 0.3) is 0 Å². The number of carbonyl (C=O) groups excluding carboxylic acids is 1. The molecule has 0 spiro atoms. The first kappa shape index (κ1) is 23.7. The largest absolute Gasteiger partial charge is 0.494 e. The Labute approximate surface area is 185 Å². The molecule has 0 heterocycles. The van der Waals surface area contributed by atoms with E-state index >= 15 is 0 Å². The molecule has 2 aromatic rings. The van der Waals surface area contributed by atoms with Gasteiger partial charge in [0.1, 0.15) is 11.5 Å². The standard InChI is InChI=1S/C24H32N2O3S/c1-4-5-8-15-29-22-13-7-6-12-21(22)23(27)26-24(30)25-19-10-9-11-20(17-19)28-16-14-18(2)3/h6-7,9-13,17-18H,4-5,8,14-16H2,1-3H3,(H2,25,26,27,30). The summed E-state index contributed by atoms with van der Waals surface area (Å²) in [6, 6.07) is 14.7. The monoisotopic (exact) mass is 428 g/mol. The lowest BCUT2D eigenvalue weighted by Crippen LogP contribution is -2.34. The van der Waals surface area contributed by atoms with E-state index in [1.54, 1.807) is 12.1 Å². The molecule has 6 heteroatoms. The van der Waals surface area contributed by atoms with Gasteiger partial charge in [-0.1, -0.05) is 51.8 Å². The van der Waals surface area contributed by atoms with Gasteiger partial charge in [-0.2, -0.15) is 0 Å². The van der Waals surface area contributed by atoms with Crippen LogP contribution in [0.2, 0.25) is 0 Å². The molecule has 2 N–H and O–H groups in total. The van der Waals surface area contributed by atoms with Crippen molar-refractivity contribution in [2.75, 3.05) is 18.5 Å². The van der Waals surface area contributed by atoms with Crippen molar-refractivity contribution in [2.45, 2.75) is 46.5 Å². The number of para-hydroxylation sites is 1. The normalized spacial score (nSPS) is 10.5. The number of rotatable bonds is 11. The van der Waals surface area contributed by atoms with Crippen LogP contribution in [0.15, 0.2) is 48.5 Å². The smallest absolute Gasteiger partial charge is 0.261 e. The lowest BCUT2D eigenvalue weighted by atomic mass is 10.1. The fraction of sp³-hybridized carbons (Fsp3) is 0.417. The first-order valence-corrected chi connectivity index (χ1v) is 11.0. The maximum atomic E-state index is 12.7. The third-order valence-corrected chi connectivity index (χ3v) is 4.62. The zero-order valence-electron chi connectivity index (χ0n) is 18.1. The van der Waals surface area contributed by atoms with Crippen molar-refractivity contribution in [1.29, 1.82) is 0 Å². The molecule has 0 radical (unpaired) electrons. The summed E-state index contributed by atoms with van der Waals surface area (Å²) in [7, 11) is 0. The van der Waals surface area contributed by atoms with Crippen LogP contribution in [0.4, 0.5) is 5.69 Å². The number of ether oxygens (including phenoxy) is 2. The van der Waals surface area contributed by atoms with Crippen LogP contribution in [-0.4, -0.2) is 24.2 Å². The molecule has 162 valence electrons. The molecule has 0 aliphatic rings. The third kappa shape index (κ3) is 8.41. The van der Waals surface area contributed by atoms with Crippen LogP contribution >= 0.6 is 12.2 Å². The highest BCUT2D eigenvalue weighted by Crippen LogP contribution is 2.20. The average Bonchev–Trinajstić information content (AvgIpc) is 2.71. The average molecular weight is 429 g/mol. The van der Waals surface area contributed by atoms with Gasteiger partial charge in [-0.25, -0.2) is 0 Å². The summed E-state index contributed by atoms with van der Waals surface area (Å²) in [5.41, 5.74) is 1.22. The summed E-state index contributed by atoms with van der Waals surface area (Å²) >= 11 is 5.32. The quantitative estimate of drug-likeness (QED) is 0.349. The van der Waals surface area contributed by atoms with Gasteiger partial charge in [-0.3, -0.25) is 10.1 Å². The fourth-order valence-electron chi connectivity index (χ4n) is 2.72. The van der Waals surface area contributed by atoms with Crippen molar-refractivity contribution in [3.05, 3.63) is 54.1 Å². The van der Waals surface area contributed by atoms with Crippen LogP contribution in [0.3, 0.4) is 0 Å². The van der Waals surface area contributed by atoms with Gasteiger partial charge in [-0.15, -0.1) is 0 Å². The number of hydrogen-bond acceptors (Lipinski definition) is 4. The topological polar surface area (TPSA) is 59.6 Å². The van der Waals surface area contributed by atoms with Gasteiger partial charge >= 0.3 is 0 Å². The summed E-state index contributed by atoms with van der Waals surface area (Å²) in [5.74, 6) is 1.62. The molecular formula is C24H32N2O3S. The number of nitrogens with one attached hydrogen (secondary N) is 2. The molecule has 0 atom stereocenters. The first-order valence-electron chi connectivity index (χ1n) is 10.6. The number of thiocarbonyl (C=S) groups is 1. The van der Waals surface area contributed by atoms with Crippen LogP contribution in [-0.2, 0) is 0 Å². The van der Waals surface area contributed by atoms with Crippen LogP contribution in [0.1, 0.15) is 56.8 Å². The zero-order chi connectivity index (χ0) is 21.8. The number of anilines is 1. The van der Waals surface area contributed by atoms with Crippen molar-refractivity contribution >= 4 is 28.9 Å². The van der Waals surface area contributed by atoms with Gasteiger partial charge in [0.25, 0.3) is 5.91 Å². The fourth-order valence-corrected chi connectivity index (χ4v) is 2.93. The minimum atomic E-state index is -0.303. The Hall–Kier alpha value is -2.60. The summed E-state index contributed by atoms with van der Waals surface area (Å²) in [6.45, 7) is 7.72. The molecule has 0 aliphatic carbocycles. The van der Waals surface area contributed by atoms with Crippen molar-refractivity contribution in [2.24, 2.45) is 5.92 Å². The first-order chi connectivity index (χ1) is 14.5. The van der Waals surface area contributed by atoms with E-state index in [4.69, 9.17) is 21.7 Å². The van der Waals surface area contributed by atoms with Gasteiger partial charge in [0.15, 0.2) is 5.11 Å². The minimum Gasteiger partial charge on any atom is -0.494 e. The Balaban J connectivity index is 1.91. The Kier molecular flexibility index (Phi) is 10.1. The Morgan fingerprint density at radius 2 is 1.83 bits per heavy atom. The second-order valence-corrected chi connectivity index (χ2v) is 7.93. The lowest BCUT2D eigenvalue weighted by Gasteiger charge is -2.14. The molecule has 2 rings (SSSR count). The van der Waals surface area contributed by atoms with Gasteiger partial charge in [-0.05, 0) is 55.2 Å². The molecular weight excluding hydrogens is 396 g/mol. The van der Waals surface area contributed by atoms with Gasteiger partial charge in [0.05, 0.1) is 18.8 Å². The van der Waals surface area contributed by atoms with E-state index in [-0.39, 0.29) is 11.0 Å². The van der Waals surface area contributed by atoms with Crippen LogP contribution in [0, 0.1) is 5.92 Å². The molecule has 2 aromatic carbocycles. The van der Waals surface area contributed by atoms with Crippen LogP contribution < -0.4 is 20.1 Å². The molecule has 0 aromatic heterocycles. The van der Waals surface area contributed by atoms with Gasteiger partial charge in [0.2, 0.25) is 0 Å². The highest BCUT2D eigenvalue weighted by atomic mass is 32.1. The van der Waals surface area contributed by atoms with E-state index in [0.29, 0.717) is 30.4 Å². The Morgan fingerprint density at radius 3 is 2.60 bits per heavy atom. The number of unbranched alkanes of at least 4 members (excludes halogenated alkanes) is 2. The molecule has 0 fully saturated rings. The highest BCUT2D eigenvalue weighted by Gasteiger charge is 2.13. The molecule has 0 saturated heterocycles. The van der Waals surface area contributed by atoms with Crippen molar-refractivity contribution in [3.63, 3.8) is 0 Å². The van der Waals surface area contributed by atoms with E-state index in [1.165, 1.54) is 0 Å². The molecule has 5 nitrogen and oxygen atoms in total. The third-order valence-electron chi connectivity index (χ3n) is 4.42. The van der Waals surface area contributed by atoms with Crippen LogP contribution in [0.5, 0.6) is 11.5 Å². The summed E-state index contributed by atoms with van der Waals surface area (Å²) in [6.07, 6.45) is 4.17. The van der Waals surface area contributed by atoms with Crippen molar-refractivity contribution in [3.8, 4) is 11.5 Å². The van der Waals surface area contributed by atoms with Gasteiger partial charge in [0, 0.05) is 11.8 Å². The number of carbonyl (C=O) groups is 1. The van der Waals surface area contributed by atoms with E-state index in [9.17, 15) is 4.79 Å². The Morgan fingerprint density at radius 1 is 1.03 bits per heavy atom. The zero-order valence-corrected chi connectivity index (χ0v) is 18.9. The Bertz CT molecular complexity index is 824. The maximum absolute atomic E-state index is 12.7. The molecule has 0 bridgehead atoms. The summed E-state index contributed by atoms with van der Waals surface area (Å²) in [5, 5.41) is 5.99. The molecule has 0 unspecified atom stereocenters. The number of amides is 1. The minimum absolute atomic E-state index is 0.222. The molecule has 1 amide bonds. The van der Waals surface area contributed by atoms with Crippen molar-refractivity contribution < 1.29 is 14.3 Å². The second-order valence-electron chi connectivity index (χ2n) is 7.52. The number of hydrogen-bond donors (Lipinski definition) is 2. The predicted molar refractivity (Wildman–Crippen MR) is 127 cm³/mol. The predicted octanol–water partition coefficient (Wildman–Crippen LogP) is 5.81. The van der Waals surface area contributed by atoms with Gasteiger partial charge < -0.3 is 14.8 Å². The second kappa shape index (κ2) is 12.9. The van der Waals surface area contributed by atoms with E-state index in [2.05, 4.69) is 31.4 Å². The number of benzene rings is 2. The summed E-state index contributed by atoms with van der Waals surface area (Å²) in [4.78, 5) is 12.7. The van der Waals surface area contributed by atoms with Crippen molar-refractivity contribution in [1.82, 2.24) is 5.32 Å². The molecule has 30 heavy (non-hydrogen) atoms. The van der Waals surface area contributed by atoms with E-state index in [0.717, 1.165) is 37.1 Å². The lowest BCUT2D eigenvalue weighted by molar-refractivity contribution is 0.0973. The maximum Gasteiger partial charge on any atom is 0.261 e. The molecule has 0 aliphatic heterocycles.